The second-order valence-electron chi connectivity index (χ2n) is 8.35. The van der Waals surface area contributed by atoms with Crippen molar-refractivity contribution in [3.05, 3.63) is 109 Å². The number of hydrogen-bond acceptors (Lipinski definition) is 8. The maximum absolute atomic E-state index is 12.9. The molecule has 4 rings (SSSR count). The van der Waals surface area contributed by atoms with Gasteiger partial charge in [0.25, 0.3) is 5.69 Å². The lowest BCUT2D eigenvalue weighted by Gasteiger charge is -2.11. The summed E-state index contributed by atoms with van der Waals surface area (Å²) in [5, 5.41) is 19.9. The van der Waals surface area contributed by atoms with Crippen molar-refractivity contribution in [3.8, 4) is 5.75 Å². The Kier molecular flexibility index (Phi) is 9.42. The van der Waals surface area contributed by atoms with Crippen LogP contribution in [0.2, 0.25) is 10.0 Å². The summed E-state index contributed by atoms with van der Waals surface area (Å²) in [5.41, 5.74) is 3.12. The number of anilines is 2. The van der Waals surface area contributed by atoms with Crippen LogP contribution in [0.5, 0.6) is 5.75 Å². The minimum atomic E-state index is -4.47. The van der Waals surface area contributed by atoms with Gasteiger partial charge in [-0.2, -0.15) is 18.3 Å². The number of amides is 1. The second-order valence-corrected chi connectivity index (χ2v) is 10.0. The van der Waals surface area contributed by atoms with Gasteiger partial charge in [-0.05, 0) is 41.5 Å². The Bertz CT molecular complexity index is 1590. The van der Waals surface area contributed by atoms with Gasteiger partial charge < -0.3 is 10.1 Å². The maximum Gasteiger partial charge on any atom is 0.416 e. The molecule has 3 aromatic carbocycles. The van der Waals surface area contributed by atoms with Crippen molar-refractivity contribution in [1.29, 1.82) is 0 Å². The highest BCUT2D eigenvalue weighted by Crippen LogP contribution is 2.35. The highest BCUT2D eigenvalue weighted by atomic mass is 35.5. The zero-order chi connectivity index (χ0) is 29.6. The molecule has 0 saturated heterocycles. The fourth-order valence-corrected chi connectivity index (χ4v) is 4.78. The van der Waals surface area contributed by atoms with Crippen LogP contribution in [0.15, 0.2) is 71.1 Å². The first-order valence-electron chi connectivity index (χ1n) is 11.5. The van der Waals surface area contributed by atoms with Crippen LogP contribution < -0.4 is 15.5 Å². The van der Waals surface area contributed by atoms with Crippen LogP contribution in [0, 0.1) is 10.1 Å². The minimum Gasteiger partial charge on any atom is -0.486 e. The number of aromatic nitrogens is 1. The monoisotopic (exact) mass is 623 g/mol. The van der Waals surface area contributed by atoms with Gasteiger partial charge in [-0.1, -0.05) is 41.4 Å². The number of thiazole rings is 1. The van der Waals surface area contributed by atoms with E-state index in [-0.39, 0.29) is 40.2 Å². The number of carbonyl (C=O) groups is 1. The molecule has 2 N–H and O–H groups in total. The van der Waals surface area contributed by atoms with Crippen LogP contribution in [-0.2, 0) is 24.0 Å². The van der Waals surface area contributed by atoms with Crippen molar-refractivity contribution >= 4 is 63.2 Å². The van der Waals surface area contributed by atoms with Gasteiger partial charge in [0.2, 0.25) is 5.91 Å². The number of carbonyl (C=O) groups excluding carboxylic acids is 1. The molecule has 0 aliphatic rings. The lowest BCUT2D eigenvalue weighted by molar-refractivity contribution is -0.384. The summed E-state index contributed by atoms with van der Waals surface area (Å²) in [7, 11) is 0. The molecule has 0 fully saturated rings. The molecule has 0 radical (unpaired) electrons. The van der Waals surface area contributed by atoms with Crippen LogP contribution in [-0.4, -0.2) is 22.0 Å². The summed E-state index contributed by atoms with van der Waals surface area (Å²) < 4.78 is 44.4. The van der Waals surface area contributed by atoms with Crippen molar-refractivity contribution in [2.45, 2.75) is 19.2 Å². The van der Waals surface area contributed by atoms with E-state index in [4.69, 9.17) is 27.9 Å². The standard InChI is InChI=1S/C26H18Cl2F3N5O4S/c27-21-8-16(9-22(28)24(21)40-13-15-3-1-6-20(7-15)36(38)39)12-32-35-23(37)11-19-14-41-25(34-19)33-18-5-2-4-17(10-18)26(29,30)31/h1-10,12,14H,11,13H2,(H,33,34)(H,35,37)/b32-12-. The molecule has 0 atom stereocenters. The lowest BCUT2D eigenvalue weighted by Crippen LogP contribution is -2.19. The molecule has 1 heterocycles. The third-order valence-electron chi connectivity index (χ3n) is 5.26. The number of non-ortho nitro benzene ring substituents is 1. The Hall–Kier alpha value is -4.20. The predicted molar refractivity (Wildman–Crippen MR) is 150 cm³/mol. The molecular weight excluding hydrogens is 606 g/mol. The van der Waals surface area contributed by atoms with Crippen LogP contribution in [0.4, 0.5) is 29.7 Å². The molecule has 9 nitrogen and oxygen atoms in total. The van der Waals surface area contributed by atoms with E-state index in [0.29, 0.717) is 22.0 Å². The smallest absolute Gasteiger partial charge is 0.416 e. The third kappa shape index (κ3) is 8.39. The number of ether oxygens (including phenoxy) is 1. The highest BCUT2D eigenvalue weighted by molar-refractivity contribution is 7.13. The van der Waals surface area contributed by atoms with Gasteiger partial charge in [0.05, 0.1) is 38.9 Å². The highest BCUT2D eigenvalue weighted by Gasteiger charge is 2.30. The summed E-state index contributed by atoms with van der Waals surface area (Å²) in [6.45, 7) is -0.00158. The molecule has 0 unspecified atom stereocenters. The van der Waals surface area contributed by atoms with Gasteiger partial charge in [0.15, 0.2) is 10.9 Å². The van der Waals surface area contributed by atoms with Crippen LogP contribution >= 0.6 is 34.5 Å². The van der Waals surface area contributed by atoms with E-state index in [1.54, 1.807) is 17.5 Å². The fraction of sp³-hybridized carbons (Fsp3) is 0.115. The number of hydrogen-bond donors (Lipinski definition) is 2. The Morgan fingerprint density at radius 2 is 1.85 bits per heavy atom. The first-order chi connectivity index (χ1) is 19.5. The molecule has 0 saturated carbocycles. The van der Waals surface area contributed by atoms with Crippen LogP contribution in [0.25, 0.3) is 0 Å². The summed E-state index contributed by atoms with van der Waals surface area (Å²) in [5.74, 6) is -0.301. The normalized spacial score (nSPS) is 11.4. The van der Waals surface area contributed by atoms with Crippen molar-refractivity contribution in [1.82, 2.24) is 10.4 Å². The van der Waals surface area contributed by atoms with Crippen LogP contribution in [0.3, 0.4) is 0 Å². The van der Waals surface area contributed by atoms with Gasteiger partial charge in [-0.25, -0.2) is 10.4 Å². The molecule has 0 bridgehead atoms. The fourth-order valence-electron chi connectivity index (χ4n) is 3.43. The average molecular weight is 624 g/mol. The van der Waals surface area contributed by atoms with E-state index in [9.17, 15) is 28.1 Å². The number of halogens is 5. The number of alkyl halides is 3. The predicted octanol–water partition coefficient (Wildman–Crippen LogP) is 7.39. The number of benzene rings is 3. The van der Waals surface area contributed by atoms with E-state index in [0.717, 1.165) is 23.5 Å². The van der Waals surface area contributed by atoms with Gasteiger partial charge in [-0.3, -0.25) is 14.9 Å². The lowest BCUT2D eigenvalue weighted by atomic mass is 10.2. The van der Waals surface area contributed by atoms with Gasteiger partial charge in [-0.15, -0.1) is 11.3 Å². The Morgan fingerprint density at radius 3 is 2.56 bits per heavy atom. The molecule has 15 heteroatoms. The molecule has 4 aromatic rings. The molecule has 0 spiro atoms. The summed E-state index contributed by atoms with van der Waals surface area (Å²) in [4.78, 5) is 26.9. The summed E-state index contributed by atoms with van der Waals surface area (Å²) in [6.07, 6.45) is -3.27. The van der Waals surface area contributed by atoms with Crippen molar-refractivity contribution in [2.75, 3.05) is 5.32 Å². The number of nitrogens with zero attached hydrogens (tertiary/aromatic N) is 3. The molecule has 41 heavy (non-hydrogen) atoms. The van der Waals surface area contributed by atoms with Crippen molar-refractivity contribution in [2.24, 2.45) is 5.10 Å². The minimum absolute atomic E-state index is 0.00158. The molecule has 1 amide bonds. The quantitative estimate of drug-likeness (QED) is 0.108. The summed E-state index contributed by atoms with van der Waals surface area (Å²) in [6, 6.07) is 13.7. The van der Waals surface area contributed by atoms with E-state index in [1.807, 2.05) is 0 Å². The van der Waals surface area contributed by atoms with Gasteiger partial charge >= 0.3 is 6.18 Å². The van der Waals surface area contributed by atoms with Gasteiger partial charge in [0, 0.05) is 23.2 Å². The number of nitro benzene ring substituents is 1. The van der Waals surface area contributed by atoms with E-state index < -0.39 is 22.6 Å². The second kappa shape index (κ2) is 13.0. The number of hydrazone groups is 1. The van der Waals surface area contributed by atoms with E-state index >= 15 is 0 Å². The zero-order valence-corrected chi connectivity index (χ0v) is 22.9. The Balaban J connectivity index is 1.30. The Labute approximate surface area is 244 Å². The molecule has 0 aliphatic heterocycles. The van der Waals surface area contributed by atoms with E-state index in [2.05, 4.69) is 20.8 Å². The third-order valence-corrected chi connectivity index (χ3v) is 6.63. The molecular formula is C26H18Cl2F3N5O4S. The first-order valence-corrected chi connectivity index (χ1v) is 13.2. The summed E-state index contributed by atoms with van der Waals surface area (Å²) >= 11 is 13.7. The largest absolute Gasteiger partial charge is 0.486 e. The number of rotatable bonds is 10. The topological polar surface area (TPSA) is 119 Å². The molecule has 0 aliphatic carbocycles. The molecule has 212 valence electrons. The Morgan fingerprint density at radius 1 is 1.12 bits per heavy atom. The van der Waals surface area contributed by atoms with Crippen molar-refractivity contribution < 1.29 is 27.6 Å². The van der Waals surface area contributed by atoms with Crippen molar-refractivity contribution in [3.63, 3.8) is 0 Å². The SMILES string of the molecule is O=C(Cc1csc(Nc2cccc(C(F)(F)F)c2)n1)N/N=C\c1cc(Cl)c(OCc2cccc([N+](=O)[O-])c2)c(Cl)c1. The average Bonchev–Trinajstić information content (AvgIpc) is 3.34. The number of nitro groups is 1. The first kappa shape index (κ1) is 29.8. The van der Waals surface area contributed by atoms with E-state index in [1.165, 1.54) is 42.6 Å². The maximum atomic E-state index is 12.9. The van der Waals surface area contributed by atoms with Gasteiger partial charge in [0.1, 0.15) is 6.61 Å². The number of nitrogens with one attached hydrogen (secondary N) is 2. The van der Waals surface area contributed by atoms with Crippen LogP contribution in [0.1, 0.15) is 22.4 Å². The zero-order valence-electron chi connectivity index (χ0n) is 20.6. The molecule has 1 aromatic heterocycles.